The Hall–Kier alpha value is -0.860. The first kappa shape index (κ1) is 13.6. The van der Waals surface area contributed by atoms with E-state index in [2.05, 4.69) is 56.7 Å². The van der Waals surface area contributed by atoms with Gasteiger partial charge >= 0.3 is 0 Å². The predicted molar refractivity (Wildman–Crippen MR) is 77.8 cm³/mol. The van der Waals surface area contributed by atoms with Crippen molar-refractivity contribution in [2.75, 3.05) is 7.05 Å². The van der Waals surface area contributed by atoms with E-state index in [1.807, 2.05) is 0 Å². The second-order valence-electron chi connectivity index (χ2n) is 6.37. The Labute approximate surface area is 111 Å². The molecule has 0 spiro atoms. The van der Waals surface area contributed by atoms with Crippen LogP contribution in [0.15, 0.2) is 18.2 Å². The number of rotatable bonds is 3. The fraction of sp³-hybridized carbons (Fsp3) is 0.625. The lowest BCUT2D eigenvalue weighted by Gasteiger charge is -2.26. The van der Waals surface area contributed by atoms with Crippen LogP contribution >= 0.6 is 0 Å². The highest BCUT2D eigenvalue weighted by Gasteiger charge is 2.18. The summed E-state index contributed by atoms with van der Waals surface area (Å²) in [5, 5.41) is 6.97. The Kier molecular flexibility index (Phi) is 4.08. The highest BCUT2D eigenvalue weighted by atomic mass is 14.9. The quantitative estimate of drug-likeness (QED) is 0.856. The third-order valence-electron chi connectivity index (χ3n) is 3.69. The summed E-state index contributed by atoms with van der Waals surface area (Å²) in [7, 11) is 2.06. The Morgan fingerprint density at radius 2 is 2.06 bits per heavy atom. The van der Waals surface area contributed by atoms with Crippen LogP contribution in [0.4, 0.5) is 0 Å². The van der Waals surface area contributed by atoms with Crippen molar-refractivity contribution in [3.63, 3.8) is 0 Å². The second-order valence-corrected chi connectivity index (χ2v) is 6.37. The predicted octanol–water partition coefficient (Wildman–Crippen LogP) is 3.17. The number of benzene rings is 1. The van der Waals surface area contributed by atoms with Crippen LogP contribution in [0.1, 0.15) is 56.3 Å². The molecule has 1 aliphatic carbocycles. The summed E-state index contributed by atoms with van der Waals surface area (Å²) in [5.41, 5.74) is 4.63. The maximum Gasteiger partial charge on any atom is 0.0320 e. The van der Waals surface area contributed by atoms with E-state index in [1.54, 1.807) is 0 Å². The van der Waals surface area contributed by atoms with Crippen molar-refractivity contribution < 1.29 is 0 Å². The topological polar surface area (TPSA) is 24.1 Å². The molecule has 0 amide bonds. The van der Waals surface area contributed by atoms with Gasteiger partial charge in [0, 0.05) is 18.1 Å². The van der Waals surface area contributed by atoms with E-state index in [9.17, 15) is 0 Å². The second kappa shape index (κ2) is 5.41. The standard InChI is InChI=1S/C16H26N2/c1-16(2,3)18-11-12-8-9-14-13(10-12)6-5-7-15(14)17-4/h8-10,15,17-18H,5-7,11H2,1-4H3/t15-/m1/s1. The van der Waals surface area contributed by atoms with Crippen LogP contribution in [0.25, 0.3) is 0 Å². The number of fused-ring (bicyclic) bond motifs is 1. The Bertz CT molecular complexity index is 404. The molecule has 18 heavy (non-hydrogen) atoms. The van der Waals surface area contributed by atoms with Gasteiger partial charge in [-0.25, -0.2) is 0 Å². The van der Waals surface area contributed by atoms with Crippen LogP contribution in [0, 0.1) is 0 Å². The van der Waals surface area contributed by atoms with E-state index in [-0.39, 0.29) is 5.54 Å². The van der Waals surface area contributed by atoms with E-state index in [0.29, 0.717) is 6.04 Å². The van der Waals surface area contributed by atoms with Gasteiger partial charge in [0.2, 0.25) is 0 Å². The first-order chi connectivity index (χ1) is 8.49. The van der Waals surface area contributed by atoms with Gasteiger partial charge in [-0.1, -0.05) is 18.2 Å². The van der Waals surface area contributed by atoms with Crippen molar-refractivity contribution >= 4 is 0 Å². The van der Waals surface area contributed by atoms with E-state index in [1.165, 1.54) is 36.0 Å². The minimum Gasteiger partial charge on any atom is -0.313 e. The Morgan fingerprint density at radius 3 is 2.72 bits per heavy atom. The van der Waals surface area contributed by atoms with E-state index in [0.717, 1.165) is 6.54 Å². The fourth-order valence-corrected chi connectivity index (χ4v) is 2.64. The van der Waals surface area contributed by atoms with Gasteiger partial charge in [-0.15, -0.1) is 0 Å². The summed E-state index contributed by atoms with van der Waals surface area (Å²) in [6.07, 6.45) is 3.80. The van der Waals surface area contributed by atoms with Crippen molar-refractivity contribution in [2.24, 2.45) is 0 Å². The molecular weight excluding hydrogens is 220 g/mol. The molecule has 2 nitrogen and oxygen atoms in total. The van der Waals surface area contributed by atoms with Crippen LogP contribution in [-0.2, 0) is 13.0 Å². The molecule has 100 valence electrons. The maximum atomic E-state index is 3.55. The van der Waals surface area contributed by atoms with Crippen molar-refractivity contribution in [2.45, 2.75) is 58.2 Å². The van der Waals surface area contributed by atoms with Gasteiger partial charge in [0.25, 0.3) is 0 Å². The van der Waals surface area contributed by atoms with Gasteiger partial charge in [0.15, 0.2) is 0 Å². The molecule has 0 aliphatic heterocycles. The lowest BCUT2D eigenvalue weighted by molar-refractivity contribution is 0.424. The monoisotopic (exact) mass is 246 g/mol. The molecule has 1 aromatic rings. The molecule has 0 fully saturated rings. The molecule has 0 saturated heterocycles. The smallest absolute Gasteiger partial charge is 0.0320 e. The van der Waals surface area contributed by atoms with Crippen LogP contribution in [0.3, 0.4) is 0 Å². The van der Waals surface area contributed by atoms with Crippen LogP contribution in [0.5, 0.6) is 0 Å². The lowest BCUT2D eigenvalue weighted by atomic mass is 9.86. The summed E-state index contributed by atoms with van der Waals surface area (Å²) in [4.78, 5) is 0. The summed E-state index contributed by atoms with van der Waals surface area (Å²) in [6.45, 7) is 7.59. The highest BCUT2D eigenvalue weighted by molar-refractivity contribution is 5.36. The molecule has 1 aliphatic rings. The van der Waals surface area contributed by atoms with E-state index in [4.69, 9.17) is 0 Å². The molecule has 0 bridgehead atoms. The molecule has 2 N–H and O–H groups in total. The zero-order chi connectivity index (χ0) is 13.2. The molecule has 0 radical (unpaired) electrons. The molecule has 0 saturated carbocycles. The first-order valence-corrected chi connectivity index (χ1v) is 7.03. The molecule has 2 heteroatoms. The SMILES string of the molecule is CN[C@@H]1CCCc2cc(CNC(C)(C)C)ccc21. The molecule has 2 rings (SSSR count). The van der Waals surface area contributed by atoms with Crippen LogP contribution in [0.2, 0.25) is 0 Å². The van der Waals surface area contributed by atoms with Crippen molar-refractivity contribution in [1.82, 2.24) is 10.6 Å². The summed E-state index contributed by atoms with van der Waals surface area (Å²) in [5.74, 6) is 0. The zero-order valence-electron chi connectivity index (χ0n) is 12.1. The fourth-order valence-electron chi connectivity index (χ4n) is 2.64. The minimum atomic E-state index is 0.184. The summed E-state index contributed by atoms with van der Waals surface area (Å²) in [6, 6.07) is 7.53. The molecular formula is C16H26N2. The van der Waals surface area contributed by atoms with Crippen LogP contribution < -0.4 is 10.6 Å². The third kappa shape index (κ3) is 3.33. The average Bonchev–Trinajstić information content (AvgIpc) is 2.34. The third-order valence-corrected chi connectivity index (χ3v) is 3.69. The van der Waals surface area contributed by atoms with Crippen molar-refractivity contribution in [3.8, 4) is 0 Å². The minimum absolute atomic E-state index is 0.184. The summed E-state index contributed by atoms with van der Waals surface area (Å²) < 4.78 is 0. The van der Waals surface area contributed by atoms with Gasteiger partial charge in [-0.3, -0.25) is 0 Å². The normalized spacial score (nSPS) is 19.7. The van der Waals surface area contributed by atoms with Crippen molar-refractivity contribution in [1.29, 1.82) is 0 Å². The summed E-state index contributed by atoms with van der Waals surface area (Å²) >= 11 is 0. The lowest BCUT2D eigenvalue weighted by Crippen LogP contribution is -2.35. The average molecular weight is 246 g/mol. The molecule has 0 unspecified atom stereocenters. The number of aryl methyl sites for hydroxylation is 1. The highest BCUT2D eigenvalue weighted by Crippen LogP contribution is 2.30. The molecule has 1 aromatic carbocycles. The van der Waals surface area contributed by atoms with Gasteiger partial charge in [-0.05, 0) is 63.8 Å². The van der Waals surface area contributed by atoms with E-state index >= 15 is 0 Å². The number of hydrogen-bond donors (Lipinski definition) is 2. The van der Waals surface area contributed by atoms with Gasteiger partial charge in [-0.2, -0.15) is 0 Å². The maximum absolute atomic E-state index is 3.55. The Morgan fingerprint density at radius 1 is 1.28 bits per heavy atom. The number of nitrogens with one attached hydrogen (secondary N) is 2. The number of hydrogen-bond acceptors (Lipinski definition) is 2. The zero-order valence-corrected chi connectivity index (χ0v) is 12.1. The van der Waals surface area contributed by atoms with Crippen molar-refractivity contribution in [3.05, 3.63) is 34.9 Å². The molecule has 0 heterocycles. The van der Waals surface area contributed by atoms with Gasteiger partial charge in [0.1, 0.15) is 0 Å². The van der Waals surface area contributed by atoms with E-state index < -0.39 is 0 Å². The Balaban J connectivity index is 2.12. The largest absolute Gasteiger partial charge is 0.313 e. The molecule has 0 aromatic heterocycles. The van der Waals surface area contributed by atoms with Crippen LogP contribution in [-0.4, -0.2) is 12.6 Å². The molecule has 1 atom stereocenters. The van der Waals surface area contributed by atoms with Gasteiger partial charge < -0.3 is 10.6 Å². The first-order valence-electron chi connectivity index (χ1n) is 7.03. The van der Waals surface area contributed by atoms with Gasteiger partial charge in [0.05, 0.1) is 0 Å².